The summed E-state index contributed by atoms with van der Waals surface area (Å²) >= 11 is -0.639. The number of likely N-dealkylation sites (tertiary alicyclic amines) is 1. The number of nitrogens with zero attached hydrogens (tertiary/aromatic N) is 2. The second kappa shape index (κ2) is 12.6. The summed E-state index contributed by atoms with van der Waals surface area (Å²) in [6.07, 6.45) is 3.13. The Morgan fingerprint density at radius 2 is 1.86 bits per heavy atom. The molecule has 36 heavy (non-hydrogen) atoms. The highest BCUT2D eigenvalue weighted by Gasteiger charge is 2.35. The monoisotopic (exact) mass is 716 g/mol. The van der Waals surface area contributed by atoms with E-state index >= 15 is 0 Å². The number of aliphatic hydroxyl groups is 1. The lowest BCUT2D eigenvalue weighted by molar-refractivity contribution is -0.118. The number of carbonyl (C=O) groups excluding carboxylic acids is 1. The van der Waals surface area contributed by atoms with E-state index in [0.717, 1.165) is 68.0 Å². The van der Waals surface area contributed by atoms with Crippen LogP contribution in [-0.4, -0.2) is 53.3 Å². The number of alkyl halides is 2. The molecule has 0 unspecified atom stereocenters. The van der Waals surface area contributed by atoms with Crippen LogP contribution in [0, 0.1) is 11.3 Å². The van der Waals surface area contributed by atoms with Gasteiger partial charge in [0.1, 0.15) is 5.75 Å². The summed E-state index contributed by atoms with van der Waals surface area (Å²) in [5.74, 6) is 1.43. The van der Waals surface area contributed by atoms with Crippen molar-refractivity contribution in [3.63, 3.8) is 0 Å². The van der Waals surface area contributed by atoms with Crippen LogP contribution in [0.3, 0.4) is 0 Å². The predicted molar refractivity (Wildman–Crippen MR) is 168 cm³/mol. The van der Waals surface area contributed by atoms with Crippen molar-refractivity contribution in [1.82, 2.24) is 4.90 Å². The zero-order valence-electron chi connectivity index (χ0n) is 21.3. The number of piperidine rings is 1. The molecule has 5 nitrogen and oxygen atoms in total. The quantitative estimate of drug-likeness (QED) is 0.246. The maximum absolute atomic E-state index is 13.4. The minimum absolute atomic E-state index is 0.0744. The molecule has 2 aliphatic heterocycles. The number of amides is 1. The van der Waals surface area contributed by atoms with E-state index in [9.17, 15) is 9.90 Å². The molecular formula is C29H38I2N2O3. The van der Waals surface area contributed by atoms with Gasteiger partial charge in [0.05, 0.1) is 5.92 Å². The van der Waals surface area contributed by atoms with Crippen molar-refractivity contribution in [2.24, 2.45) is 11.3 Å². The van der Waals surface area contributed by atoms with Crippen molar-refractivity contribution in [1.29, 1.82) is 0 Å². The fourth-order valence-electron chi connectivity index (χ4n) is 5.29. The van der Waals surface area contributed by atoms with E-state index in [1.807, 2.05) is 35.2 Å². The van der Waals surface area contributed by atoms with Gasteiger partial charge < -0.3 is 14.7 Å². The third kappa shape index (κ3) is 6.45. The lowest BCUT2D eigenvalue weighted by Gasteiger charge is -2.41. The van der Waals surface area contributed by atoms with Gasteiger partial charge in [-0.15, -0.1) is 0 Å². The average Bonchev–Trinajstić information content (AvgIpc) is 3.29. The third-order valence-corrected chi connectivity index (χ3v) is 14.0. The van der Waals surface area contributed by atoms with E-state index in [0.29, 0.717) is 5.92 Å². The van der Waals surface area contributed by atoms with Crippen LogP contribution in [0.5, 0.6) is 5.75 Å². The first kappa shape index (κ1) is 27.9. The molecule has 1 N–H and O–H groups in total. The zero-order chi connectivity index (χ0) is 25.7. The van der Waals surface area contributed by atoms with Crippen LogP contribution in [0.15, 0.2) is 48.5 Å². The molecule has 2 aromatic carbocycles. The van der Waals surface area contributed by atoms with E-state index in [1.54, 1.807) is 0 Å². The fraction of sp³-hybridized carbons (Fsp3) is 0.483. The number of hydrogen-bond donors (Lipinski definition) is 1. The lowest BCUT2D eigenvalue weighted by Crippen LogP contribution is -2.42. The molecule has 7 heteroatoms. The van der Waals surface area contributed by atoms with Crippen LogP contribution < -0.4 is 9.64 Å². The van der Waals surface area contributed by atoms with E-state index in [4.69, 9.17) is 4.74 Å². The topological polar surface area (TPSA) is 53.0 Å². The number of ether oxygens (including phenoxy) is 1. The summed E-state index contributed by atoms with van der Waals surface area (Å²) in [5.41, 5.74) is 3.09. The molecule has 2 saturated heterocycles. The van der Waals surface area contributed by atoms with Gasteiger partial charge in [-0.25, -0.2) is 0 Å². The van der Waals surface area contributed by atoms with Gasteiger partial charge in [0.15, 0.2) is 2.12 Å². The summed E-state index contributed by atoms with van der Waals surface area (Å²) in [7, 11) is 0. The molecule has 196 valence electrons. The SMILES string of the molecule is C=IC(Oc1cc(N2CC[C@@H](c3ccccc3)C2=O)ccc1CN1CCC[C@H](C(C)(C)CO)C1)I=C. The Kier molecular flexibility index (Phi) is 9.74. The van der Waals surface area contributed by atoms with Gasteiger partial charge in [0.2, 0.25) is 5.91 Å². The maximum atomic E-state index is 13.4. The molecule has 0 bridgehead atoms. The summed E-state index contributed by atoms with van der Waals surface area (Å²) in [6, 6.07) is 16.4. The van der Waals surface area contributed by atoms with Crippen LogP contribution in [-0.2, 0) is 11.3 Å². The molecule has 2 aliphatic rings. The van der Waals surface area contributed by atoms with Crippen molar-refractivity contribution in [2.45, 2.75) is 47.7 Å². The number of benzene rings is 2. The molecule has 2 heterocycles. The van der Waals surface area contributed by atoms with Gasteiger partial charge >= 0.3 is 0 Å². The Balaban J connectivity index is 1.56. The minimum Gasteiger partial charge on any atom is -0.471 e. The summed E-state index contributed by atoms with van der Waals surface area (Å²) in [6.45, 7) is 8.11. The first-order valence-electron chi connectivity index (χ1n) is 12.6. The normalized spacial score (nSPS) is 21.3. The van der Waals surface area contributed by atoms with Gasteiger partial charge in [-0.05, 0) is 48.8 Å². The van der Waals surface area contributed by atoms with Gasteiger partial charge in [0.25, 0.3) is 0 Å². The highest BCUT2D eigenvalue weighted by Crippen LogP contribution is 2.38. The van der Waals surface area contributed by atoms with Crippen LogP contribution >= 0.6 is 41.5 Å². The Labute approximate surface area is 235 Å². The smallest absolute Gasteiger partial charge is 0.234 e. The van der Waals surface area contributed by atoms with Crippen molar-refractivity contribution < 1.29 is 14.6 Å². The molecule has 2 fully saturated rings. The largest absolute Gasteiger partial charge is 0.471 e. The van der Waals surface area contributed by atoms with E-state index in [2.05, 4.69) is 46.0 Å². The first-order valence-corrected chi connectivity index (χ1v) is 18.1. The molecule has 0 spiro atoms. The van der Waals surface area contributed by atoms with E-state index in [-0.39, 0.29) is 67.4 Å². The first-order chi connectivity index (χ1) is 17.4. The third-order valence-electron chi connectivity index (χ3n) is 7.64. The maximum Gasteiger partial charge on any atom is 0.234 e. The number of carbonyl (C=O) groups is 1. The molecule has 4 rings (SSSR count). The number of halogens is 2. The minimum atomic E-state index is -0.319. The lowest BCUT2D eigenvalue weighted by atomic mass is 9.75. The van der Waals surface area contributed by atoms with E-state index in [1.165, 1.54) is 0 Å². The molecular weight excluding hydrogens is 678 g/mol. The van der Waals surface area contributed by atoms with Crippen LogP contribution in [0.2, 0.25) is 0 Å². The van der Waals surface area contributed by atoms with E-state index < -0.39 is 0 Å². The summed E-state index contributed by atoms with van der Waals surface area (Å²) in [4.78, 5) is 17.8. The van der Waals surface area contributed by atoms with Crippen molar-refractivity contribution in [3.05, 3.63) is 59.7 Å². The van der Waals surface area contributed by atoms with Crippen molar-refractivity contribution in [3.8, 4) is 5.75 Å². The molecule has 2 aromatic rings. The Hall–Kier alpha value is -1.17. The van der Waals surface area contributed by atoms with Gasteiger partial charge in [-0.2, -0.15) is 0 Å². The standard InChI is InChI=1S/C29H38I2N2O3/c1-29(2,20-34)23-11-8-15-32(19-23)18-22-12-13-24(17-26(22)36-28(30-3)31-4)33-16-14-25(27(33)35)21-9-6-5-7-10-21/h5-7,9-10,12-13,17,23,25,28,34H,3-4,8,11,14-16,18-20H2,1-2H3/t23-,25-/m0/s1. The Bertz CT molecular complexity index is 1070. The Morgan fingerprint density at radius 1 is 1.11 bits per heavy atom. The summed E-state index contributed by atoms with van der Waals surface area (Å²) < 4.78 is 15.0. The highest BCUT2D eigenvalue weighted by atomic mass is 127. The van der Waals surface area contributed by atoms with Crippen LogP contribution in [0.4, 0.5) is 5.69 Å². The second-order valence-corrected chi connectivity index (χ2v) is 16.8. The van der Waals surface area contributed by atoms with Crippen LogP contribution in [0.25, 0.3) is 0 Å². The molecule has 0 radical (unpaired) electrons. The predicted octanol–water partition coefficient (Wildman–Crippen LogP) is 5.91. The second-order valence-electron chi connectivity index (χ2n) is 10.4. The van der Waals surface area contributed by atoms with Crippen molar-refractivity contribution >= 4 is 62.1 Å². The molecule has 2 atom stereocenters. The molecule has 0 aromatic heterocycles. The highest BCUT2D eigenvalue weighted by molar-refractivity contribution is 14.3. The average molecular weight is 716 g/mol. The Morgan fingerprint density at radius 3 is 2.56 bits per heavy atom. The summed E-state index contributed by atoms with van der Waals surface area (Å²) in [5, 5.41) is 9.89. The number of aliphatic hydroxyl groups excluding tert-OH is 1. The number of hydrogen-bond acceptors (Lipinski definition) is 4. The van der Waals surface area contributed by atoms with Crippen molar-refractivity contribution in [2.75, 3.05) is 31.1 Å². The van der Waals surface area contributed by atoms with Gasteiger partial charge in [-0.3, -0.25) is 9.69 Å². The molecule has 0 saturated carbocycles. The number of anilines is 1. The molecule has 1 amide bonds. The zero-order valence-corrected chi connectivity index (χ0v) is 25.7. The van der Waals surface area contributed by atoms with Gasteiger partial charge in [-0.1, -0.05) is 101 Å². The molecule has 0 aliphatic carbocycles. The fourth-order valence-corrected chi connectivity index (χ4v) is 8.01. The van der Waals surface area contributed by atoms with Gasteiger partial charge in [0, 0.05) is 43.6 Å². The number of rotatable bonds is 10. The van der Waals surface area contributed by atoms with Crippen LogP contribution in [0.1, 0.15) is 50.2 Å².